The van der Waals surface area contributed by atoms with Gasteiger partial charge in [-0.2, -0.15) is 0 Å². The van der Waals surface area contributed by atoms with Gasteiger partial charge in [0.15, 0.2) is 0 Å². The summed E-state index contributed by atoms with van der Waals surface area (Å²) in [5.41, 5.74) is 4.28. The second-order valence-electron chi connectivity index (χ2n) is 7.13. The van der Waals surface area contributed by atoms with Crippen LogP contribution >= 0.6 is 0 Å². The first-order valence-corrected chi connectivity index (χ1v) is 7.85. The summed E-state index contributed by atoms with van der Waals surface area (Å²) in [6, 6.07) is 6.80. The zero-order chi connectivity index (χ0) is 14.2. The predicted molar refractivity (Wildman–Crippen MR) is 86.7 cm³/mol. The lowest BCUT2D eigenvalue weighted by molar-refractivity contribution is 0.226. The molecule has 1 aromatic carbocycles. The minimum Gasteiger partial charge on any atom is -0.385 e. The van der Waals surface area contributed by atoms with Crippen molar-refractivity contribution in [3.8, 4) is 0 Å². The van der Waals surface area contributed by atoms with E-state index in [1.165, 1.54) is 42.9 Å². The molecular formula is C17H27N3. The Bertz CT molecular complexity index is 473. The van der Waals surface area contributed by atoms with Crippen molar-refractivity contribution < 1.29 is 0 Å². The highest BCUT2D eigenvalue weighted by molar-refractivity contribution is 5.66. The van der Waals surface area contributed by atoms with E-state index in [-0.39, 0.29) is 5.41 Å². The molecule has 110 valence electrons. The van der Waals surface area contributed by atoms with E-state index in [1.807, 2.05) is 0 Å². The summed E-state index contributed by atoms with van der Waals surface area (Å²) in [7, 11) is 2.22. The van der Waals surface area contributed by atoms with Gasteiger partial charge < -0.3 is 15.5 Å². The van der Waals surface area contributed by atoms with Crippen LogP contribution < -0.4 is 10.6 Å². The molecule has 0 aromatic heterocycles. The summed E-state index contributed by atoms with van der Waals surface area (Å²) < 4.78 is 0. The van der Waals surface area contributed by atoms with Gasteiger partial charge in [-0.1, -0.05) is 19.9 Å². The van der Waals surface area contributed by atoms with Crippen molar-refractivity contribution in [1.82, 2.24) is 4.90 Å². The molecule has 0 spiro atoms. The Morgan fingerprint density at radius 1 is 1.30 bits per heavy atom. The molecular weight excluding hydrogens is 246 g/mol. The first-order valence-electron chi connectivity index (χ1n) is 7.85. The molecule has 1 fully saturated rings. The van der Waals surface area contributed by atoms with Crippen LogP contribution in [0.1, 0.15) is 32.3 Å². The van der Waals surface area contributed by atoms with Crippen LogP contribution in [0.25, 0.3) is 0 Å². The second kappa shape index (κ2) is 5.28. The van der Waals surface area contributed by atoms with Crippen LogP contribution in [0.15, 0.2) is 18.2 Å². The van der Waals surface area contributed by atoms with Gasteiger partial charge in [0.25, 0.3) is 0 Å². The zero-order valence-electron chi connectivity index (χ0n) is 13.0. The Morgan fingerprint density at radius 3 is 2.80 bits per heavy atom. The van der Waals surface area contributed by atoms with Crippen molar-refractivity contribution >= 4 is 11.4 Å². The lowest BCUT2D eigenvalue weighted by Gasteiger charge is -2.29. The zero-order valence-corrected chi connectivity index (χ0v) is 13.0. The highest BCUT2D eigenvalue weighted by Gasteiger charge is 2.29. The van der Waals surface area contributed by atoms with Crippen LogP contribution in [0.2, 0.25) is 0 Å². The third kappa shape index (κ3) is 2.78. The van der Waals surface area contributed by atoms with Crippen LogP contribution in [-0.4, -0.2) is 38.1 Å². The Morgan fingerprint density at radius 2 is 2.05 bits per heavy atom. The molecule has 0 atom stereocenters. The first-order chi connectivity index (χ1) is 9.54. The molecule has 0 radical (unpaired) electrons. The number of piperidine rings is 1. The summed E-state index contributed by atoms with van der Waals surface area (Å²) in [4.78, 5) is 2.43. The smallest absolute Gasteiger partial charge is 0.0399 e. The number of hydrogen-bond acceptors (Lipinski definition) is 3. The van der Waals surface area contributed by atoms with E-state index in [1.54, 1.807) is 0 Å². The molecule has 3 rings (SSSR count). The van der Waals surface area contributed by atoms with Gasteiger partial charge in [0.2, 0.25) is 0 Å². The van der Waals surface area contributed by atoms with E-state index in [9.17, 15) is 0 Å². The standard InChI is InChI=1S/C17H27N3/c1-17(2)12-19-16-10-14(4-5-15(16)17)18-11-13-6-8-20(3)9-7-13/h4-5,10,13,18-19H,6-9,11-12H2,1-3H3. The number of rotatable bonds is 3. The Kier molecular flexibility index (Phi) is 3.63. The predicted octanol–water partition coefficient (Wildman–Crippen LogP) is 3.14. The number of likely N-dealkylation sites (tertiary alicyclic amines) is 1. The van der Waals surface area contributed by atoms with Crippen LogP contribution in [0, 0.1) is 5.92 Å². The van der Waals surface area contributed by atoms with E-state index < -0.39 is 0 Å². The van der Waals surface area contributed by atoms with Crippen molar-refractivity contribution in [3.05, 3.63) is 23.8 Å². The van der Waals surface area contributed by atoms with Crippen LogP contribution in [0.4, 0.5) is 11.4 Å². The molecule has 2 aliphatic rings. The molecule has 0 saturated carbocycles. The molecule has 0 aliphatic carbocycles. The van der Waals surface area contributed by atoms with Crippen molar-refractivity contribution in [2.24, 2.45) is 5.92 Å². The topological polar surface area (TPSA) is 27.3 Å². The van der Waals surface area contributed by atoms with Crippen LogP contribution in [0.5, 0.6) is 0 Å². The average molecular weight is 273 g/mol. The lowest BCUT2D eigenvalue weighted by Crippen LogP contribution is -2.32. The van der Waals surface area contributed by atoms with E-state index >= 15 is 0 Å². The third-order valence-corrected chi connectivity index (χ3v) is 4.90. The molecule has 1 saturated heterocycles. The fourth-order valence-corrected chi connectivity index (χ4v) is 3.33. The monoisotopic (exact) mass is 273 g/mol. The van der Waals surface area contributed by atoms with Gasteiger partial charge in [0, 0.05) is 29.9 Å². The quantitative estimate of drug-likeness (QED) is 0.886. The fraction of sp³-hybridized carbons (Fsp3) is 0.647. The van der Waals surface area contributed by atoms with Gasteiger partial charge in [-0.15, -0.1) is 0 Å². The maximum absolute atomic E-state index is 3.63. The molecule has 2 heterocycles. The van der Waals surface area contributed by atoms with Crippen molar-refractivity contribution in [1.29, 1.82) is 0 Å². The van der Waals surface area contributed by atoms with Crippen LogP contribution in [0.3, 0.4) is 0 Å². The number of nitrogens with one attached hydrogen (secondary N) is 2. The van der Waals surface area contributed by atoms with Crippen molar-refractivity contribution in [2.75, 3.05) is 43.9 Å². The maximum atomic E-state index is 3.63. The Labute approximate surface area is 122 Å². The van der Waals surface area contributed by atoms with Gasteiger partial charge in [-0.25, -0.2) is 0 Å². The van der Waals surface area contributed by atoms with E-state index in [4.69, 9.17) is 0 Å². The highest BCUT2D eigenvalue weighted by Crippen LogP contribution is 2.37. The summed E-state index contributed by atoms with van der Waals surface area (Å²) in [6.07, 6.45) is 2.64. The molecule has 0 bridgehead atoms. The second-order valence-corrected chi connectivity index (χ2v) is 7.13. The molecule has 3 heteroatoms. The molecule has 2 aliphatic heterocycles. The number of hydrogen-bond donors (Lipinski definition) is 2. The lowest BCUT2D eigenvalue weighted by atomic mass is 9.87. The molecule has 2 N–H and O–H groups in total. The SMILES string of the molecule is CN1CCC(CNc2ccc3c(c2)NCC3(C)C)CC1. The van der Waals surface area contributed by atoms with Gasteiger partial charge in [0.1, 0.15) is 0 Å². The van der Waals surface area contributed by atoms with Gasteiger partial charge >= 0.3 is 0 Å². The highest BCUT2D eigenvalue weighted by atomic mass is 15.1. The maximum Gasteiger partial charge on any atom is 0.0399 e. The van der Waals surface area contributed by atoms with Crippen molar-refractivity contribution in [3.63, 3.8) is 0 Å². The number of nitrogens with zero attached hydrogens (tertiary/aromatic N) is 1. The van der Waals surface area contributed by atoms with Gasteiger partial charge in [0.05, 0.1) is 0 Å². The number of anilines is 2. The van der Waals surface area contributed by atoms with E-state index in [2.05, 4.69) is 54.6 Å². The van der Waals surface area contributed by atoms with Gasteiger partial charge in [-0.3, -0.25) is 0 Å². The number of benzene rings is 1. The summed E-state index contributed by atoms with van der Waals surface area (Å²) in [6.45, 7) is 9.24. The Hall–Kier alpha value is -1.22. The molecule has 0 amide bonds. The minimum absolute atomic E-state index is 0.266. The first kappa shape index (κ1) is 13.7. The van der Waals surface area contributed by atoms with Crippen molar-refractivity contribution in [2.45, 2.75) is 32.1 Å². The minimum atomic E-state index is 0.266. The molecule has 3 nitrogen and oxygen atoms in total. The van der Waals surface area contributed by atoms with E-state index in [0.717, 1.165) is 19.0 Å². The Balaban J connectivity index is 1.59. The summed E-state index contributed by atoms with van der Waals surface area (Å²) >= 11 is 0. The normalized spacial score (nSPS) is 22.4. The summed E-state index contributed by atoms with van der Waals surface area (Å²) in [5, 5.41) is 7.16. The summed E-state index contributed by atoms with van der Waals surface area (Å²) in [5.74, 6) is 0.823. The average Bonchev–Trinajstić information content (AvgIpc) is 2.74. The molecule has 0 unspecified atom stereocenters. The van der Waals surface area contributed by atoms with Gasteiger partial charge in [-0.05, 0) is 56.6 Å². The van der Waals surface area contributed by atoms with Crippen LogP contribution in [-0.2, 0) is 5.41 Å². The fourth-order valence-electron chi connectivity index (χ4n) is 3.33. The van der Waals surface area contributed by atoms with E-state index in [0.29, 0.717) is 0 Å². The number of fused-ring (bicyclic) bond motifs is 1. The third-order valence-electron chi connectivity index (χ3n) is 4.90. The molecule has 20 heavy (non-hydrogen) atoms. The molecule has 1 aromatic rings. The largest absolute Gasteiger partial charge is 0.385 e.